The Balaban J connectivity index is 1.93. The van der Waals surface area contributed by atoms with Crippen LogP contribution in [-0.2, 0) is 0 Å². The minimum Gasteiger partial charge on any atom is -0.497 e. The van der Waals surface area contributed by atoms with E-state index in [0.717, 1.165) is 11.5 Å². The molecule has 0 atom stereocenters. The molecular formula is C18H24N2O4. The summed E-state index contributed by atoms with van der Waals surface area (Å²) in [5.41, 5.74) is 1.17. The molecule has 0 N–H and O–H groups in total. The highest BCUT2D eigenvalue weighted by atomic mass is 16.5. The number of amides is 1. The van der Waals surface area contributed by atoms with Crippen molar-refractivity contribution >= 4 is 5.91 Å². The molecule has 1 amide bonds. The van der Waals surface area contributed by atoms with Gasteiger partial charge in [-0.1, -0.05) is 19.0 Å². The Morgan fingerprint density at radius 1 is 1.25 bits per heavy atom. The van der Waals surface area contributed by atoms with Gasteiger partial charge in [-0.2, -0.15) is 0 Å². The van der Waals surface area contributed by atoms with Crippen molar-refractivity contribution in [2.24, 2.45) is 0 Å². The molecule has 0 bridgehead atoms. The third-order valence-corrected chi connectivity index (χ3v) is 3.73. The highest BCUT2D eigenvalue weighted by Gasteiger charge is 2.24. The van der Waals surface area contributed by atoms with E-state index in [1.165, 1.54) is 0 Å². The summed E-state index contributed by atoms with van der Waals surface area (Å²) >= 11 is 0. The maximum Gasteiger partial charge on any atom is 0.259 e. The molecule has 6 heteroatoms. The molecule has 0 unspecified atom stereocenters. The molecule has 2 aromatic rings. The minimum atomic E-state index is -0.101. The first-order chi connectivity index (χ1) is 11.4. The Labute approximate surface area is 142 Å². The number of carbonyl (C=O) groups excluding carboxylic acids is 1. The second-order valence-corrected chi connectivity index (χ2v) is 5.91. The summed E-state index contributed by atoms with van der Waals surface area (Å²) < 4.78 is 16.0. The molecule has 0 aliphatic heterocycles. The van der Waals surface area contributed by atoms with Crippen LogP contribution in [0.1, 0.15) is 41.6 Å². The van der Waals surface area contributed by atoms with Crippen LogP contribution in [-0.4, -0.2) is 43.3 Å². The Bertz CT molecular complexity index is 677. The number of carbonyl (C=O) groups is 1. The van der Waals surface area contributed by atoms with Crippen LogP contribution in [0, 0.1) is 6.92 Å². The largest absolute Gasteiger partial charge is 0.497 e. The van der Waals surface area contributed by atoms with Crippen LogP contribution in [0.4, 0.5) is 0 Å². The summed E-state index contributed by atoms with van der Waals surface area (Å²) in [6.45, 7) is 6.60. The first-order valence-electron chi connectivity index (χ1n) is 7.92. The number of benzene rings is 1. The van der Waals surface area contributed by atoms with Crippen LogP contribution in [0.3, 0.4) is 0 Å². The molecule has 0 radical (unpaired) electrons. The van der Waals surface area contributed by atoms with Crippen molar-refractivity contribution in [1.29, 1.82) is 0 Å². The van der Waals surface area contributed by atoms with Gasteiger partial charge in [0.05, 0.1) is 19.3 Å². The number of nitrogens with zero attached hydrogens (tertiary/aromatic N) is 2. The predicted octanol–water partition coefficient (Wildman–Crippen LogP) is 3.27. The van der Waals surface area contributed by atoms with Gasteiger partial charge in [-0.25, -0.2) is 0 Å². The minimum absolute atomic E-state index is 0.101. The highest BCUT2D eigenvalue weighted by Crippen LogP contribution is 2.23. The second-order valence-electron chi connectivity index (χ2n) is 5.91. The lowest BCUT2D eigenvalue weighted by Crippen LogP contribution is -2.31. The average Bonchev–Trinajstić information content (AvgIpc) is 2.96. The van der Waals surface area contributed by atoms with Gasteiger partial charge in [0, 0.05) is 13.0 Å². The smallest absolute Gasteiger partial charge is 0.259 e. The van der Waals surface area contributed by atoms with Crippen LogP contribution in [0.5, 0.6) is 11.5 Å². The highest BCUT2D eigenvalue weighted by molar-refractivity contribution is 5.96. The fourth-order valence-corrected chi connectivity index (χ4v) is 2.31. The van der Waals surface area contributed by atoms with Crippen molar-refractivity contribution in [3.05, 3.63) is 41.3 Å². The zero-order valence-corrected chi connectivity index (χ0v) is 14.8. The Kier molecular flexibility index (Phi) is 5.84. The number of methoxy groups -OCH3 is 1. The lowest BCUT2D eigenvalue weighted by atomic mass is 10.0. The summed E-state index contributed by atoms with van der Waals surface area (Å²) in [6.07, 6.45) is 0. The van der Waals surface area contributed by atoms with Gasteiger partial charge < -0.3 is 18.9 Å². The summed E-state index contributed by atoms with van der Waals surface area (Å²) in [4.78, 5) is 14.3. The van der Waals surface area contributed by atoms with E-state index in [1.54, 1.807) is 26.0 Å². The first-order valence-corrected chi connectivity index (χ1v) is 7.92. The maximum atomic E-state index is 12.6. The molecule has 1 aromatic heterocycles. The molecule has 1 aromatic carbocycles. The van der Waals surface area contributed by atoms with Crippen molar-refractivity contribution in [2.45, 2.75) is 26.7 Å². The van der Waals surface area contributed by atoms with Gasteiger partial charge in [0.1, 0.15) is 23.7 Å². The number of hydrogen-bond donors (Lipinski definition) is 0. The molecule has 130 valence electrons. The van der Waals surface area contributed by atoms with Gasteiger partial charge >= 0.3 is 0 Å². The monoisotopic (exact) mass is 332 g/mol. The van der Waals surface area contributed by atoms with Crippen LogP contribution < -0.4 is 9.47 Å². The van der Waals surface area contributed by atoms with Crippen LogP contribution in [0.15, 0.2) is 28.8 Å². The van der Waals surface area contributed by atoms with E-state index in [-0.39, 0.29) is 11.8 Å². The third kappa shape index (κ3) is 4.07. The fourth-order valence-electron chi connectivity index (χ4n) is 2.31. The lowest BCUT2D eigenvalue weighted by molar-refractivity contribution is 0.0770. The average molecular weight is 332 g/mol. The van der Waals surface area contributed by atoms with Crippen molar-refractivity contribution in [3.8, 4) is 11.5 Å². The van der Waals surface area contributed by atoms with Crippen LogP contribution in [0.2, 0.25) is 0 Å². The fraction of sp³-hybridized carbons (Fsp3) is 0.444. The summed E-state index contributed by atoms with van der Waals surface area (Å²) in [7, 11) is 3.37. The quantitative estimate of drug-likeness (QED) is 0.778. The van der Waals surface area contributed by atoms with Gasteiger partial charge in [-0.05, 0) is 31.2 Å². The summed E-state index contributed by atoms with van der Waals surface area (Å²) in [5.74, 6) is 2.14. The van der Waals surface area contributed by atoms with E-state index in [0.29, 0.717) is 30.2 Å². The standard InChI is InChI=1S/C18H24N2O4/c1-12(2)17-16(13(3)19-24-17)18(21)20(4)10-11-23-15-8-6-14(22-5)7-9-15/h6-9,12H,10-11H2,1-5H3. The zero-order chi connectivity index (χ0) is 17.7. The van der Waals surface area contributed by atoms with Gasteiger partial charge in [-0.15, -0.1) is 0 Å². The van der Waals surface area contributed by atoms with Gasteiger partial charge in [-0.3, -0.25) is 4.79 Å². The molecule has 0 saturated heterocycles. The topological polar surface area (TPSA) is 64.8 Å². The Morgan fingerprint density at radius 2 is 1.88 bits per heavy atom. The molecule has 1 heterocycles. The van der Waals surface area contributed by atoms with E-state index in [1.807, 2.05) is 38.1 Å². The molecule has 0 aliphatic carbocycles. The first kappa shape index (κ1) is 17.8. The number of rotatable bonds is 7. The van der Waals surface area contributed by atoms with E-state index >= 15 is 0 Å². The number of hydrogen-bond acceptors (Lipinski definition) is 5. The lowest BCUT2D eigenvalue weighted by Gasteiger charge is -2.18. The Hall–Kier alpha value is -2.50. The van der Waals surface area contributed by atoms with E-state index in [9.17, 15) is 4.79 Å². The van der Waals surface area contributed by atoms with Gasteiger partial charge in [0.15, 0.2) is 5.76 Å². The molecule has 24 heavy (non-hydrogen) atoms. The van der Waals surface area contributed by atoms with Crippen LogP contribution >= 0.6 is 0 Å². The Morgan fingerprint density at radius 3 is 2.46 bits per heavy atom. The molecule has 2 rings (SSSR count). The van der Waals surface area contributed by atoms with Crippen molar-refractivity contribution < 1.29 is 18.8 Å². The summed E-state index contributed by atoms with van der Waals surface area (Å²) in [5, 5.41) is 3.92. The van der Waals surface area contributed by atoms with Gasteiger partial charge in [0.2, 0.25) is 0 Å². The normalized spacial score (nSPS) is 10.8. The molecule has 0 spiro atoms. The third-order valence-electron chi connectivity index (χ3n) is 3.73. The zero-order valence-electron chi connectivity index (χ0n) is 14.8. The SMILES string of the molecule is COc1ccc(OCCN(C)C(=O)c2c(C)noc2C(C)C)cc1. The summed E-state index contributed by atoms with van der Waals surface area (Å²) in [6, 6.07) is 7.34. The van der Waals surface area contributed by atoms with Crippen molar-refractivity contribution in [1.82, 2.24) is 10.1 Å². The molecule has 0 saturated carbocycles. The van der Waals surface area contributed by atoms with Crippen LogP contribution in [0.25, 0.3) is 0 Å². The van der Waals surface area contributed by atoms with Gasteiger partial charge in [0.25, 0.3) is 5.91 Å². The number of aromatic nitrogens is 1. The van der Waals surface area contributed by atoms with E-state index in [2.05, 4.69) is 5.16 Å². The van der Waals surface area contributed by atoms with Crippen molar-refractivity contribution in [3.63, 3.8) is 0 Å². The second kappa shape index (κ2) is 7.86. The molecular weight excluding hydrogens is 308 g/mol. The number of ether oxygens (including phenoxy) is 2. The molecule has 0 aliphatic rings. The van der Waals surface area contributed by atoms with E-state index < -0.39 is 0 Å². The molecule has 0 fully saturated rings. The maximum absolute atomic E-state index is 12.6. The number of aryl methyl sites for hydroxylation is 1. The van der Waals surface area contributed by atoms with E-state index in [4.69, 9.17) is 14.0 Å². The predicted molar refractivity (Wildman–Crippen MR) is 90.8 cm³/mol. The van der Waals surface area contributed by atoms with Crippen molar-refractivity contribution in [2.75, 3.05) is 27.3 Å². The number of likely N-dealkylation sites (N-methyl/N-ethyl adjacent to an activating group) is 1. The molecule has 6 nitrogen and oxygen atoms in total.